The van der Waals surface area contributed by atoms with Gasteiger partial charge < -0.3 is 21.5 Å². The van der Waals surface area contributed by atoms with Crippen molar-refractivity contribution in [1.82, 2.24) is 0 Å². The first-order valence-electron chi connectivity index (χ1n) is 13.9. The predicted octanol–water partition coefficient (Wildman–Crippen LogP) is 9.07. The summed E-state index contributed by atoms with van der Waals surface area (Å²) in [6.45, 7) is 0. The van der Waals surface area contributed by atoms with E-state index in [0.29, 0.717) is 5.46 Å². The van der Waals surface area contributed by atoms with Crippen LogP contribution in [0.2, 0.25) is 0 Å². The molecule has 0 aliphatic carbocycles. The zero-order valence-electron chi connectivity index (χ0n) is 23.5. The van der Waals surface area contributed by atoms with Crippen LogP contribution in [0.3, 0.4) is 0 Å². The van der Waals surface area contributed by atoms with Crippen molar-refractivity contribution in [3.8, 4) is 11.1 Å². The Labute approximate surface area is 272 Å². The van der Waals surface area contributed by atoms with Crippen molar-refractivity contribution < 1.29 is 10.0 Å². The summed E-state index contributed by atoms with van der Waals surface area (Å²) in [5.41, 5.74) is 15.7. The van der Waals surface area contributed by atoms with Gasteiger partial charge in [-0.2, -0.15) is 0 Å². The van der Waals surface area contributed by atoms with Crippen LogP contribution >= 0.6 is 38.6 Å². The minimum absolute atomic E-state index is 0.541. The molecule has 2 aromatic heterocycles. The van der Waals surface area contributed by atoms with Crippen molar-refractivity contribution in [2.24, 2.45) is 0 Å². The predicted molar refractivity (Wildman–Crippen MR) is 197 cm³/mol. The second-order valence-electron chi connectivity index (χ2n) is 10.2. The molecule has 0 radical (unpaired) electrons. The molecule has 0 unspecified atom stereocenters. The first kappa shape index (κ1) is 29.9. The van der Waals surface area contributed by atoms with E-state index in [0.717, 1.165) is 20.5 Å². The normalized spacial score (nSPS) is 10.8. The molecule has 0 saturated heterocycles. The molecule has 0 fully saturated rings. The van der Waals surface area contributed by atoms with Gasteiger partial charge in [-0.1, -0.05) is 88.7 Å². The third kappa shape index (κ3) is 6.65. The summed E-state index contributed by atoms with van der Waals surface area (Å²) in [5, 5.41) is 23.3. The second kappa shape index (κ2) is 13.2. The number of fused-ring (bicyclic) bond motifs is 6. The Morgan fingerprint density at radius 1 is 0.477 bits per heavy atom. The third-order valence-electron chi connectivity index (χ3n) is 7.19. The highest BCUT2D eigenvalue weighted by atomic mass is 79.9. The Kier molecular flexibility index (Phi) is 8.98. The molecule has 0 aliphatic heterocycles. The molecule has 0 spiro atoms. The maximum absolute atomic E-state index is 9.12. The maximum atomic E-state index is 9.12. The molecule has 8 heteroatoms. The summed E-state index contributed by atoms with van der Waals surface area (Å²) in [6.07, 6.45) is 0. The average molecular weight is 675 g/mol. The van der Waals surface area contributed by atoms with Gasteiger partial charge in [0.1, 0.15) is 0 Å². The van der Waals surface area contributed by atoms with Crippen molar-refractivity contribution in [2.75, 3.05) is 11.5 Å². The van der Waals surface area contributed by atoms with Gasteiger partial charge in [0.15, 0.2) is 0 Å². The van der Waals surface area contributed by atoms with Crippen LogP contribution < -0.4 is 16.9 Å². The lowest BCUT2D eigenvalue weighted by molar-refractivity contribution is 0.426. The van der Waals surface area contributed by atoms with Crippen LogP contribution in [0.25, 0.3) is 51.5 Å². The maximum Gasteiger partial charge on any atom is 0.488 e. The number of rotatable bonds is 2. The number of hydrogen-bond acceptors (Lipinski definition) is 6. The van der Waals surface area contributed by atoms with Gasteiger partial charge in [-0.25, -0.2) is 0 Å². The molecule has 6 N–H and O–H groups in total. The van der Waals surface area contributed by atoms with Crippen molar-refractivity contribution in [1.29, 1.82) is 0 Å². The molecule has 8 aromatic rings. The molecule has 8 rings (SSSR count). The van der Waals surface area contributed by atoms with Crippen LogP contribution in [-0.4, -0.2) is 17.2 Å². The van der Waals surface area contributed by atoms with E-state index in [1.807, 2.05) is 72.0 Å². The Morgan fingerprint density at radius 3 is 1.48 bits per heavy atom. The highest BCUT2D eigenvalue weighted by Crippen LogP contribution is 2.36. The first-order chi connectivity index (χ1) is 21.4. The summed E-state index contributed by atoms with van der Waals surface area (Å²) in [7, 11) is -1.39. The number of anilines is 2. The summed E-state index contributed by atoms with van der Waals surface area (Å²) < 4.78 is 6.05. The Bertz CT molecular complexity index is 2170. The summed E-state index contributed by atoms with van der Waals surface area (Å²) in [5.74, 6) is 0. The third-order valence-corrected chi connectivity index (χ3v) is 9.99. The van der Waals surface area contributed by atoms with Crippen molar-refractivity contribution >= 4 is 103 Å². The monoisotopic (exact) mass is 674 g/mol. The molecule has 0 atom stereocenters. The minimum Gasteiger partial charge on any atom is -0.423 e. The van der Waals surface area contributed by atoms with Crippen LogP contribution in [0.4, 0.5) is 11.4 Å². The number of thiophene rings is 2. The molecule has 44 heavy (non-hydrogen) atoms. The Hall–Kier alpha value is -4.18. The highest BCUT2D eigenvalue weighted by molar-refractivity contribution is 9.10. The fourth-order valence-corrected chi connectivity index (χ4v) is 7.51. The average Bonchev–Trinajstić information content (AvgIpc) is 3.61. The number of benzene rings is 6. The molecule has 0 bridgehead atoms. The number of nitrogens with two attached hydrogens (primary N) is 2. The van der Waals surface area contributed by atoms with Crippen LogP contribution in [-0.2, 0) is 0 Å². The highest BCUT2D eigenvalue weighted by Gasteiger charge is 2.13. The van der Waals surface area contributed by atoms with E-state index in [9.17, 15) is 0 Å². The molecule has 4 nitrogen and oxygen atoms in total. The van der Waals surface area contributed by atoms with E-state index in [-0.39, 0.29) is 0 Å². The van der Waals surface area contributed by atoms with Crippen LogP contribution in [0.15, 0.2) is 138 Å². The smallest absolute Gasteiger partial charge is 0.423 e. The van der Waals surface area contributed by atoms with Gasteiger partial charge in [-0.15, -0.1) is 22.7 Å². The molecule has 0 aliphatic rings. The van der Waals surface area contributed by atoms with E-state index in [1.165, 1.54) is 46.8 Å². The van der Waals surface area contributed by atoms with Gasteiger partial charge in [0.05, 0.1) is 0 Å². The molecule has 2 heterocycles. The van der Waals surface area contributed by atoms with E-state index >= 15 is 0 Å². The van der Waals surface area contributed by atoms with E-state index < -0.39 is 7.12 Å². The van der Waals surface area contributed by atoms with E-state index in [4.69, 9.17) is 21.5 Å². The van der Waals surface area contributed by atoms with Crippen LogP contribution in [0.5, 0.6) is 0 Å². The largest absolute Gasteiger partial charge is 0.488 e. The fourth-order valence-electron chi connectivity index (χ4n) is 4.95. The fraction of sp³-hybridized carbons (Fsp3) is 0. The molecule has 0 saturated carbocycles. The molecular formula is C36H28BBrN2O2S2. The van der Waals surface area contributed by atoms with Crippen molar-refractivity contribution in [3.05, 3.63) is 138 Å². The topological polar surface area (TPSA) is 92.5 Å². The van der Waals surface area contributed by atoms with E-state index in [2.05, 4.69) is 82.7 Å². The van der Waals surface area contributed by atoms with Gasteiger partial charge in [0, 0.05) is 56.2 Å². The lowest BCUT2D eigenvalue weighted by Crippen LogP contribution is -2.29. The number of nitrogen functional groups attached to an aromatic ring is 2. The van der Waals surface area contributed by atoms with Gasteiger partial charge >= 0.3 is 7.12 Å². The minimum atomic E-state index is -1.39. The SMILES string of the molecule is Nc1ccc(-c2ccc3c(c2)sc2ccccc23)cc1.Nc1ccc(Br)cc1.OB(O)c1ccc2c(c1)sc1ccccc12. The molecule has 6 aromatic carbocycles. The van der Waals surface area contributed by atoms with E-state index in [1.54, 1.807) is 17.4 Å². The zero-order chi connectivity index (χ0) is 30.6. The van der Waals surface area contributed by atoms with Crippen LogP contribution in [0.1, 0.15) is 0 Å². The number of halogens is 1. The van der Waals surface area contributed by atoms with Gasteiger partial charge in [0.2, 0.25) is 0 Å². The Balaban J connectivity index is 0.000000128. The summed E-state index contributed by atoms with van der Waals surface area (Å²) in [4.78, 5) is 0. The summed E-state index contributed by atoms with van der Waals surface area (Å²) in [6, 6.07) is 44.6. The first-order valence-corrected chi connectivity index (χ1v) is 16.3. The zero-order valence-corrected chi connectivity index (χ0v) is 26.7. The van der Waals surface area contributed by atoms with Gasteiger partial charge in [-0.3, -0.25) is 0 Å². The molecular weight excluding hydrogens is 647 g/mol. The quantitative estimate of drug-likeness (QED) is 0.109. The lowest BCUT2D eigenvalue weighted by atomic mass is 9.80. The molecule has 0 amide bonds. The Morgan fingerprint density at radius 2 is 0.932 bits per heavy atom. The summed E-state index contributed by atoms with van der Waals surface area (Å²) >= 11 is 6.81. The van der Waals surface area contributed by atoms with Crippen molar-refractivity contribution in [2.45, 2.75) is 0 Å². The lowest BCUT2D eigenvalue weighted by Gasteiger charge is -2.02. The van der Waals surface area contributed by atoms with Gasteiger partial charge in [0.25, 0.3) is 0 Å². The second-order valence-corrected chi connectivity index (χ2v) is 13.3. The molecule has 216 valence electrons. The van der Waals surface area contributed by atoms with Crippen LogP contribution in [0, 0.1) is 0 Å². The van der Waals surface area contributed by atoms with Gasteiger partial charge in [-0.05, 0) is 77.3 Å². The van der Waals surface area contributed by atoms with Crippen molar-refractivity contribution in [3.63, 3.8) is 0 Å². The number of hydrogen-bond donors (Lipinski definition) is 4. The standard InChI is InChI=1S/C18H13NS.C12H9BO2S.C6H6BrN/c19-14-8-5-12(6-9-14)13-7-10-16-15-3-1-2-4-17(15)20-18(16)11-13;14-13(15)8-5-6-10-9-3-1-2-4-11(9)16-12(10)7-8;7-5-1-3-6(8)4-2-5/h1-11H,19H2;1-7,14-15H;1-4H,8H2.